The molecule has 0 saturated carbocycles. The molecule has 0 aliphatic carbocycles. The SMILES string of the molecule is CO[C@H]1C=CO[C@@]2(C)Oc3c(C)c(O)c4c(O)c(c(/C=N/N5CCN(C)CC5)c(O)c4c3C2=O)NC(=O)/C(C)=C\C=C/[C@H](C)[C@H](O)[C@@H](C)[C@@H](O)[C@@H](C)[C@H](O)[C@@H]1C. The molecule has 5 bridgehead atoms. The van der Waals surface area contributed by atoms with Crippen LogP contribution in [0.5, 0.6) is 23.0 Å². The highest BCUT2D eigenvalue weighted by atomic mass is 16.7. The number of allylic oxidation sites excluding steroid dienone is 2. The molecule has 0 radical (unpaired) electrons. The number of hydrogen-bond donors (Lipinski definition) is 7. The molecule has 6 rings (SSSR count). The number of phenols is 3. The van der Waals surface area contributed by atoms with Crippen LogP contribution in [0, 0.1) is 30.6 Å². The number of nitrogens with one attached hydrogen (secondary N) is 1. The lowest BCUT2D eigenvalue weighted by Gasteiger charge is -2.36. The Morgan fingerprint density at radius 1 is 0.893 bits per heavy atom. The van der Waals surface area contributed by atoms with Crippen LogP contribution in [0.25, 0.3) is 10.8 Å². The Hall–Kier alpha value is -4.67. The van der Waals surface area contributed by atoms with E-state index in [1.165, 1.54) is 52.5 Å². The molecule has 1 amide bonds. The van der Waals surface area contributed by atoms with E-state index in [0.717, 1.165) is 13.1 Å². The average Bonchev–Trinajstić information content (AvgIpc) is 3.44. The number of rotatable bonds is 3. The molecule has 0 spiro atoms. The average molecular weight is 781 g/mol. The van der Waals surface area contributed by atoms with Gasteiger partial charge >= 0.3 is 5.79 Å². The summed E-state index contributed by atoms with van der Waals surface area (Å²) in [4.78, 5) is 30.1. The summed E-state index contributed by atoms with van der Waals surface area (Å²) in [5, 5.41) is 77.6. The molecule has 2 aromatic rings. The second-order valence-corrected chi connectivity index (χ2v) is 15.5. The lowest BCUT2D eigenvalue weighted by atomic mass is 9.78. The predicted molar refractivity (Wildman–Crippen MR) is 211 cm³/mol. The first-order chi connectivity index (χ1) is 26.3. The highest BCUT2D eigenvalue weighted by molar-refractivity contribution is 6.23. The molecule has 1 fully saturated rings. The topological polar surface area (TPSA) is 214 Å². The van der Waals surface area contributed by atoms with Crippen molar-refractivity contribution in [2.75, 3.05) is 45.7 Å². The highest BCUT2D eigenvalue weighted by Gasteiger charge is 2.50. The van der Waals surface area contributed by atoms with Crippen molar-refractivity contribution >= 4 is 34.4 Å². The summed E-state index contributed by atoms with van der Waals surface area (Å²) >= 11 is 0. The number of aromatic hydroxyl groups is 3. The van der Waals surface area contributed by atoms with Crippen LogP contribution in [0.1, 0.15) is 63.0 Å². The van der Waals surface area contributed by atoms with Crippen molar-refractivity contribution in [3.8, 4) is 23.0 Å². The number of benzene rings is 2. The van der Waals surface area contributed by atoms with E-state index in [1.807, 2.05) is 7.05 Å². The summed E-state index contributed by atoms with van der Waals surface area (Å²) in [5.41, 5.74) is -0.290. The maximum atomic E-state index is 14.3. The standard InChI is InChI=1S/C41H56N4O11/c1-20-11-10-12-21(2)40(53)43-31-26(19-42-45-16-14-44(8)15-17-45)36(50)28-29(37(31)51)35(49)25(6)38-30(28)39(52)41(7,56-38)55-18-13-27(54-9)22(3)33(47)24(5)34(48)23(4)32(20)46/h10-13,18-20,22-24,27,32-34,46-51H,14-17H2,1-9H3,(H,43,53)/b11-10-,18-13?,21-12-,42-19+/t20-,22+,23+,24-,27-,32-,33+,34+,41-/m0/s1. The number of carbonyl (C=O) groups is 2. The van der Waals surface area contributed by atoms with Crippen LogP contribution in [0.3, 0.4) is 0 Å². The normalized spacial score (nSPS) is 32.7. The Kier molecular flexibility index (Phi) is 12.8. The third-order valence-corrected chi connectivity index (χ3v) is 11.6. The molecule has 2 aromatic carbocycles. The minimum Gasteiger partial charge on any atom is -0.507 e. The van der Waals surface area contributed by atoms with Gasteiger partial charge in [0.05, 0.1) is 59.1 Å². The highest BCUT2D eigenvalue weighted by Crippen LogP contribution is 2.55. The van der Waals surface area contributed by atoms with E-state index in [0.29, 0.717) is 13.1 Å². The molecule has 15 nitrogen and oxygen atoms in total. The van der Waals surface area contributed by atoms with Gasteiger partial charge in [0.1, 0.15) is 17.2 Å². The summed E-state index contributed by atoms with van der Waals surface area (Å²) in [5.74, 6) is -7.59. The molecule has 4 aliphatic rings. The van der Waals surface area contributed by atoms with Gasteiger partial charge in [-0.25, -0.2) is 0 Å². The van der Waals surface area contributed by atoms with Crippen molar-refractivity contribution < 1.29 is 54.4 Å². The second kappa shape index (κ2) is 16.8. The van der Waals surface area contributed by atoms with Crippen molar-refractivity contribution in [2.24, 2.45) is 28.8 Å². The first-order valence-electron chi connectivity index (χ1n) is 18.9. The molecule has 15 heteroatoms. The van der Waals surface area contributed by atoms with E-state index in [4.69, 9.17) is 14.2 Å². The molecule has 56 heavy (non-hydrogen) atoms. The van der Waals surface area contributed by atoms with E-state index in [9.17, 15) is 40.2 Å². The molecular formula is C41H56N4O11. The van der Waals surface area contributed by atoms with Crippen molar-refractivity contribution in [1.82, 2.24) is 9.91 Å². The fourth-order valence-electron chi connectivity index (χ4n) is 7.53. The first kappa shape index (κ1) is 42.5. The van der Waals surface area contributed by atoms with E-state index in [2.05, 4.69) is 15.3 Å². The third kappa shape index (κ3) is 7.96. The lowest BCUT2D eigenvalue weighted by molar-refractivity contribution is -0.112. The maximum Gasteiger partial charge on any atom is 0.312 e. The number of phenolic OH excluding ortho intramolecular Hbond substituents is 3. The molecular weight excluding hydrogens is 724 g/mol. The van der Waals surface area contributed by atoms with Crippen molar-refractivity contribution in [3.63, 3.8) is 0 Å². The maximum absolute atomic E-state index is 14.3. The van der Waals surface area contributed by atoms with Crippen LogP contribution in [0.2, 0.25) is 0 Å². The van der Waals surface area contributed by atoms with Gasteiger partial charge < -0.3 is 55.1 Å². The van der Waals surface area contributed by atoms with Gasteiger partial charge in [-0.2, -0.15) is 5.10 Å². The Bertz CT molecular complexity index is 1950. The van der Waals surface area contributed by atoms with E-state index >= 15 is 0 Å². The Morgan fingerprint density at radius 2 is 1.52 bits per heavy atom. The van der Waals surface area contributed by atoms with Gasteiger partial charge in [-0.1, -0.05) is 45.9 Å². The van der Waals surface area contributed by atoms with E-state index in [1.54, 1.807) is 44.9 Å². The molecule has 1 saturated heterocycles. The van der Waals surface area contributed by atoms with Crippen molar-refractivity contribution in [3.05, 3.63) is 52.8 Å². The van der Waals surface area contributed by atoms with Gasteiger partial charge in [0, 0.05) is 80.4 Å². The van der Waals surface area contributed by atoms with Crippen LogP contribution < -0.4 is 10.1 Å². The number of Topliss-reactive ketones (excluding diaryl/α,β-unsaturated/α-hetero) is 1. The number of ketones is 1. The lowest BCUT2D eigenvalue weighted by Crippen LogP contribution is -2.44. The molecule has 7 N–H and O–H groups in total. The first-order valence-corrected chi connectivity index (χ1v) is 18.9. The zero-order valence-corrected chi connectivity index (χ0v) is 33.5. The summed E-state index contributed by atoms with van der Waals surface area (Å²) in [6.45, 7) is 13.8. The van der Waals surface area contributed by atoms with E-state index < -0.39 is 82.8 Å². The third-order valence-electron chi connectivity index (χ3n) is 11.6. The summed E-state index contributed by atoms with van der Waals surface area (Å²) in [6.07, 6.45) is 4.79. The van der Waals surface area contributed by atoms with Gasteiger partial charge in [-0.3, -0.25) is 14.6 Å². The number of nitrogens with zero attached hydrogens (tertiary/aromatic N) is 3. The zero-order chi connectivity index (χ0) is 41.4. The number of ether oxygens (including phenoxy) is 3. The Labute approximate surface area is 327 Å². The molecule has 306 valence electrons. The second-order valence-electron chi connectivity index (χ2n) is 15.5. The summed E-state index contributed by atoms with van der Waals surface area (Å²) in [6, 6.07) is 0. The van der Waals surface area contributed by atoms with Crippen molar-refractivity contribution in [1.29, 1.82) is 0 Å². The number of amides is 1. The molecule has 0 unspecified atom stereocenters. The van der Waals surface area contributed by atoms with Crippen LogP contribution in [-0.2, 0) is 14.3 Å². The van der Waals surface area contributed by atoms with Gasteiger partial charge in [0.2, 0.25) is 0 Å². The minimum atomic E-state index is -2.01. The number of anilines is 1. The number of methoxy groups -OCH3 is 1. The van der Waals surface area contributed by atoms with Crippen LogP contribution in [-0.4, -0.2) is 129 Å². The number of hydrogen-bond acceptors (Lipinski definition) is 14. The van der Waals surface area contributed by atoms with Crippen LogP contribution in [0.4, 0.5) is 5.69 Å². The fourth-order valence-corrected chi connectivity index (χ4v) is 7.53. The Morgan fingerprint density at radius 3 is 2.16 bits per heavy atom. The quantitative estimate of drug-likeness (QED) is 0.134. The van der Waals surface area contributed by atoms with Gasteiger partial charge in [-0.15, -0.1) is 0 Å². The largest absolute Gasteiger partial charge is 0.507 e. The molecule has 9 atom stereocenters. The van der Waals surface area contributed by atoms with E-state index in [-0.39, 0.29) is 44.5 Å². The number of aliphatic hydroxyl groups is 3. The monoisotopic (exact) mass is 780 g/mol. The molecule has 0 aromatic heterocycles. The van der Waals surface area contributed by atoms with Gasteiger partial charge in [-0.05, 0) is 27.0 Å². The summed E-state index contributed by atoms with van der Waals surface area (Å²) < 4.78 is 17.7. The Balaban J connectivity index is 1.70. The minimum absolute atomic E-state index is 0.0688. The zero-order valence-electron chi connectivity index (χ0n) is 33.5. The van der Waals surface area contributed by atoms with Gasteiger partial charge in [0.25, 0.3) is 11.7 Å². The molecule has 4 aliphatic heterocycles. The summed E-state index contributed by atoms with van der Waals surface area (Å²) in [7, 11) is 3.43. The number of aliphatic hydroxyl groups excluding tert-OH is 3. The number of likely N-dealkylation sites (N-methyl/N-ethyl adjacent to an activating group) is 1. The predicted octanol–water partition coefficient (Wildman–Crippen LogP) is 3.76. The number of piperazine rings is 1. The van der Waals surface area contributed by atoms with Crippen molar-refractivity contribution in [2.45, 2.75) is 78.7 Å². The van der Waals surface area contributed by atoms with Gasteiger partial charge in [0.15, 0.2) is 5.75 Å². The van der Waals surface area contributed by atoms with Crippen LogP contribution in [0.15, 0.2) is 41.2 Å². The smallest absolute Gasteiger partial charge is 0.312 e. The number of carbonyl (C=O) groups excluding carboxylic acids is 2. The number of fused-ring (bicyclic) bond motifs is 14. The molecule has 4 heterocycles. The van der Waals surface area contributed by atoms with Crippen LogP contribution >= 0.6 is 0 Å². The number of hydrazone groups is 1. The fraction of sp³-hybridized carbons (Fsp3) is 0.537.